The van der Waals surface area contributed by atoms with Crippen LogP contribution in [-0.4, -0.2) is 56.9 Å². The van der Waals surface area contributed by atoms with Gasteiger partial charge in [-0.2, -0.15) is 0 Å². The van der Waals surface area contributed by atoms with E-state index in [1.54, 1.807) is 0 Å². The fourth-order valence-corrected chi connectivity index (χ4v) is 3.45. The van der Waals surface area contributed by atoms with E-state index in [2.05, 4.69) is 40.1 Å². The molecule has 4 heteroatoms. The van der Waals surface area contributed by atoms with Gasteiger partial charge in [0.1, 0.15) is 0 Å². The van der Waals surface area contributed by atoms with Gasteiger partial charge in [0.2, 0.25) is 0 Å². The fraction of sp³-hybridized carbons (Fsp3) is 0.625. The molecule has 2 N–H and O–H groups in total. The zero-order valence-corrected chi connectivity index (χ0v) is 12.1. The fourth-order valence-electron chi connectivity index (χ4n) is 3.45. The molecule has 110 valence electrons. The van der Waals surface area contributed by atoms with Gasteiger partial charge in [-0.25, -0.2) is 0 Å². The van der Waals surface area contributed by atoms with Crippen molar-refractivity contribution < 1.29 is 4.74 Å². The maximum absolute atomic E-state index is 6.02. The van der Waals surface area contributed by atoms with Crippen LogP contribution in [0.2, 0.25) is 0 Å². The van der Waals surface area contributed by atoms with Gasteiger partial charge in [0, 0.05) is 57.0 Å². The maximum atomic E-state index is 6.02. The zero-order chi connectivity index (χ0) is 13.8. The molecule has 0 spiro atoms. The van der Waals surface area contributed by atoms with Crippen molar-refractivity contribution in [1.82, 2.24) is 4.90 Å². The van der Waals surface area contributed by atoms with E-state index < -0.39 is 0 Å². The highest BCUT2D eigenvalue weighted by atomic mass is 16.5. The number of nitrogens with zero attached hydrogens (tertiary/aromatic N) is 2. The highest BCUT2D eigenvalue weighted by Gasteiger charge is 2.31. The van der Waals surface area contributed by atoms with Crippen molar-refractivity contribution in [3.8, 4) is 0 Å². The molecule has 0 aliphatic carbocycles. The van der Waals surface area contributed by atoms with Gasteiger partial charge in [0.25, 0.3) is 0 Å². The lowest BCUT2D eigenvalue weighted by Gasteiger charge is -2.41. The summed E-state index contributed by atoms with van der Waals surface area (Å²) in [5, 5.41) is 0. The Morgan fingerprint density at radius 3 is 2.50 bits per heavy atom. The highest BCUT2D eigenvalue weighted by Crippen LogP contribution is 2.23. The largest absolute Gasteiger partial charge is 0.381 e. The molecule has 1 aromatic rings. The lowest BCUT2D eigenvalue weighted by molar-refractivity contribution is 0.117. The molecule has 0 bridgehead atoms. The summed E-state index contributed by atoms with van der Waals surface area (Å²) in [6.07, 6.45) is 1.17. The predicted molar refractivity (Wildman–Crippen MR) is 82.0 cm³/mol. The molecular weight excluding hydrogens is 250 g/mol. The normalized spacial score (nSPS) is 25.9. The van der Waals surface area contributed by atoms with Gasteiger partial charge in [0.05, 0.1) is 6.61 Å². The second-order valence-corrected chi connectivity index (χ2v) is 5.79. The van der Waals surface area contributed by atoms with Gasteiger partial charge in [-0.15, -0.1) is 0 Å². The van der Waals surface area contributed by atoms with Crippen LogP contribution in [0.15, 0.2) is 30.3 Å². The van der Waals surface area contributed by atoms with Crippen molar-refractivity contribution in [2.45, 2.75) is 12.5 Å². The van der Waals surface area contributed by atoms with Crippen LogP contribution in [-0.2, 0) is 4.74 Å². The number of hydrogen-bond acceptors (Lipinski definition) is 4. The quantitative estimate of drug-likeness (QED) is 0.896. The van der Waals surface area contributed by atoms with E-state index in [4.69, 9.17) is 10.5 Å². The Balaban J connectivity index is 1.57. The Kier molecular flexibility index (Phi) is 4.55. The molecule has 2 unspecified atom stereocenters. The monoisotopic (exact) mass is 275 g/mol. The first-order valence-corrected chi connectivity index (χ1v) is 7.70. The molecule has 2 heterocycles. The smallest absolute Gasteiger partial charge is 0.0510 e. The van der Waals surface area contributed by atoms with E-state index in [9.17, 15) is 0 Å². The van der Waals surface area contributed by atoms with Crippen molar-refractivity contribution in [3.05, 3.63) is 30.3 Å². The van der Waals surface area contributed by atoms with Crippen LogP contribution in [0, 0.1) is 5.92 Å². The first kappa shape index (κ1) is 13.9. The summed E-state index contributed by atoms with van der Waals surface area (Å²) in [5.74, 6) is 0.628. The van der Waals surface area contributed by atoms with Crippen molar-refractivity contribution in [1.29, 1.82) is 0 Å². The van der Waals surface area contributed by atoms with E-state index in [1.165, 1.54) is 12.1 Å². The van der Waals surface area contributed by atoms with E-state index in [-0.39, 0.29) is 0 Å². The number of hydrogen-bond donors (Lipinski definition) is 1. The number of nitrogens with two attached hydrogens (primary N) is 1. The van der Waals surface area contributed by atoms with E-state index in [0.717, 1.165) is 45.9 Å². The summed E-state index contributed by atoms with van der Waals surface area (Å²) in [6, 6.07) is 11.2. The van der Waals surface area contributed by atoms with E-state index >= 15 is 0 Å². The number of rotatable bonds is 4. The standard InChI is InChI=1S/C16H25N3O/c17-12-16(14-6-11-20-13-14)19-9-7-18(8-10-19)15-4-2-1-3-5-15/h1-5,14,16H,6-13,17H2. The highest BCUT2D eigenvalue weighted by molar-refractivity contribution is 5.46. The van der Waals surface area contributed by atoms with Gasteiger partial charge in [-0.3, -0.25) is 4.90 Å². The van der Waals surface area contributed by atoms with Crippen molar-refractivity contribution in [3.63, 3.8) is 0 Å². The zero-order valence-electron chi connectivity index (χ0n) is 12.1. The van der Waals surface area contributed by atoms with Gasteiger partial charge in [-0.05, 0) is 18.6 Å². The first-order chi connectivity index (χ1) is 9.88. The minimum Gasteiger partial charge on any atom is -0.381 e. The number of anilines is 1. The molecule has 0 amide bonds. The topological polar surface area (TPSA) is 41.7 Å². The van der Waals surface area contributed by atoms with Crippen molar-refractivity contribution in [2.24, 2.45) is 11.7 Å². The molecule has 2 aliphatic rings. The maximum Gasteiger partial charge on any atom is 0.0510 e. The Morgan fingerprint density at radius 1 is 1.15 bits per heavy atom. The van der Waals surface area contributed by atoms with Crippen LogP contribution < -0.4 is 10.6 Å². The molecule has 2 atom stereocenters. The molecule has 3 rings (SSSR count). The Bertz CT molecular complexity index is 397. The van der Waals surface area contributed by atoms with Crippen LogP contribution in [0.5, 0.6) is 0 Å². The second kappa shape index (κ2) is 6.57. The predicted octanol–water partition coefficient (Wildman–Crippen LogP) is 1.17. The summed E-state index contributed by atoms with van der Waals surface area (Å²) in [7, 11) is 0. The molecule has 2 saturated heterocycles. The molecule has 0 radical (unpaired) electrons. The van der Waals surface area contributed by atoms with E-state index in [0.29, 0.717) is 12.0 Å². The SMILES string of the molecule is NCC(C1CCOC1)N1CCN(c2ccccc2)CC1. The average Bonchev–Trinajstić information content (AvgIpc) is 3.04. The number of benzene rings is 1. The van der Waals surface area contributed by atoms with Gasteiger partial charge < -0.3 is 15.4 Å². The Morgan fingerprint density at radius 2 is 1.90 bits per heavy atom. The Labute approximate surface area is 121 Å². The van der Waals surface area contributed by atoms with Crippen LogP contribution in [0.4, 0.5) is 5.69 Å². The molecule has 0 saturated carbocycles. The summed E-state index contributed by atoms with van der Waals surface area (Å²) in [4.78, 5) is 5.04. The Hall–Kier alpha value is -1.10. The second-order valence-electron chi connectivity index (χ2n) is 5.79. The minimum atomic E-state index is 0.496. The van der Waals surface area contributed by atoms with Crippen molar-refractivity contribution >= 4 is 5.69 Å². The summed E-state index contributed by atoms with van der Waals surface area (Å²) in [6.45, 7) is 6.94. The molecular formula is C16H25N3O. The van der Waals surface area contributed by atoms with E-state index in [1.807, 2.05) is 0 Å². The van der Waals surface area contributed by atoms with Crippen molar-refractivity contribution in [2.75, 3.05) is 50.8 Å². The number of para-hydroxylation sites is 1. The molecule has 2 fully saturated rings. The van der Waals surface area contributed by atoms with Crippen LogP contribution >= 0.6 is 0 Å². The van der Waals surface area contributed by atoms with Crippen LogP contribution in [0.1, 0.15) is 6.42 Å². The number of piperazine rings is 1. The third-order valence-corrected chi connectivity index (χ3v) is 4.66. The molecule has 1 aromatic carbocycles. The number of ether oxygens (including phenoxy) is 1. The third-order valence-electron chi connectivity index (χ3n) is 4.66. The summed E-state index contributed by atoms with van der Waals surface area (Å²) < 4.78 is 5.53. The van der Waals surface area contributed by atoms with Gasteiger partial charge in [0.15, 0.2) is 0 Å². The molecule has 20 heavy (non-hydrogen) atoms. The lowest BCUT2D eigenvalue weighted by atomic mass is 9.97. The summed E-state index contributed by atoms with van der Waals surface area (Å²) in [5.41, 5.74) is 7.35. The van der Waals surface area contributed by atoms with Gasteiger partial charge >= 0.3 is 0 Å². The average molecular weight is 275 g/mol. The molecule has 2 aliphatic heterocycles. The first-order valence-electron chi connectivity index (χ1n) is 7.70. The third kappa shape index (κ3) is 2.97. The van der Waals surface area contributed by atoms with Crippen LogP contribution in [0.25, 0.3) is 0 Å². The molecule has 0 aromatic heterocycles. The molecule has 4 nitrogen and oxygen atoms in total. The van der Waals surface area contributed by atoms with Gasteiger partial charge in [-0.1, -0.05) is 18.2 Å². The van der Waals surface area contributed by atoms with Crippen LogP contribution in [0.3, 0.4) is 0 Å². The summed E-state index contributed by atoms with van der Waals surface area (Å²) >= 11 is 0. The lowest BCUT2D eigenvalue weighted by Crippen LogP contribution is -2.54. The minimum absolute atomic E-state index is 0.496.